The molecule has 0 aliphatic carbocycles. The maximum atomic E-state index is 12.4. The van der Waals surface area contributed by atoms with Crippen molar-refractivity contribution in [3.05, 3.63) is 34.7 Å². The van der Waals surface area contributed by atoms with Crippen molar-refractivity contribution in [3.8, 4) is 5.75 Å². The summed E-state index contributed by atoms with van der Waals surface area (Å²) in [6.45, 7) is 8.67. The van der Waals surface area contributed by atoms with E-state index in [2.05, 4.69) is 0 Å². The fraction of sp³-hybridized carbons (Fsp3) is 0.421. The zero-order chi connectivity index (χ0) is 19.5. The molecule has 0 bridgehead atoms. The van der Waals surface area contributed by atoms with Crippen molar-refractivity contribution in [3.63, 3.8) is 0 Å². The Morgan fingerprint density at radius 1 is 1.19 bits per heavy atom. The molecule has 7 heteroatoms. The van der Waals surface area contributed by atoms with Crippen LogP contribution in [0.5, 0.6) is 5.75 Å². The number of ether oxygens (including phenoxy) is 2. The van der Waals surface area contributed by atoms with Gasteiger partial charge >= 0.3 is 5.97 Å². The highest BCUT2D eigenvalue weighted by molar-refractivity contribution is 8.18. The van der Waals surface area contributed by atoms with E-state index < -0.39 is 22.7 Å². The SMILES string of the molecule is CC(C)Oc1ccc(C=C2SC(=O)N(CC(=O)OC(C)(C)C)C2=O)cc1. The zero-order valence-electron chi connectivity index (χ0n) is 15.6. The molecule has 1 fully saturated rings. The summed E-state index contributed by atoms with van der Waals surface area (Å²) in [5, 5.41) is -0.480. The Labute approximate surface area is 157 Å². The molecule has 1 aromatic rings. The second-order valence-corrected chi connectivity index (χ2v) is 8.08. The number of nitrogens with zero attached hydrogens (tertiary/aromatic N) is 1. The molecule has 0 unspecified atom stereocenters. The monoisotopic (exact) mass is 377 g/mol. The van der Waals surface area contributed by atoms with Gasteiger partial charge in [-0.25, -0.2) is 0 Å². The van der Waals surface area contributed by atoms with Crippen molar-refractivity contribution < 1.29 is 23.9 Å². The number of imide groups is 1. The molecule has 1 saturated heterocycles. The van der Waals surface area contributed by atoms with Crippen molar-refractivity contribution in [2.45, 2.75) is 46.3 Å². The highest BCUT2D eigenvalue weighted by atomic mass is 32.2. The largest absolute Gasteiger partial charge is 0.491 e. The van der Waals surface area contributed by atoms with Crippen molar-refractivity contribution in [2.24, 2.45) is 0 Å². The first-order valence-electron chi connectivity index (χ1n) is 8.29. The summed E-state index contributed by atoms with van der Waals surface area (Å²) in [4.78, 5) is 37.5. The first-order valence-corrected chi connectivity index (χ1v) is 9.11. The van der Waals surface area contributed by atoms with Crippen LogP contribution in [-0.4, -0.2) is 40.3 Å². The van der Waals surface area contributed by atoms with E-state index in [0.717, 1.165) is 28.0 Å². The molecule has 0 aromatic heterocycles. The number of rotatable bonds is 5. The van der Waals surface area contributed by atoms with E-state index in [9.17, 15) is 14.4 Å². The van der Waals surface area contributed by atoms with E-state index in [1.807, 2.05) is 13.8 Å². The molecule has 2 amide bonds. The van der Waals surface area contributed by atoms with Crippen LogP contribution >= 0.6 is 11.8 Å². The van der Waals surface area contributed by atoms with E-state index in [1.165, 1.54) is 0 Å². The average Bonchev–Trinajstić information content (AvgIpc) is 2.74. The van der Waals surface area contributed by atoms with Gasteiger partial charge in [0, 0.05) is 0 Å². The Morgan fingerprint density at radius 3 is 2.35 bits per heavy atom. The van der Waals surface area contributed by atoms with Gasteiger partial charge in [-0.2, -0.15) is 0 Å². The van der Waals surface area contributed by atoms with Crippen molar-refractivity contribution in [1.82, 2.24) is 4.90 Å². The van der Waals surface area contributed by atoms with E-state index in [4.69, 9.17) is 9.47 Å². The fourth-order valence-corrected chi connectivity index (χ4v) is 3.04. The molecule has 2 rings (SSSR count). The molecule has 26 heavy (non-hydrogen) atoms. The maximum Gasteiger partial charge on any atom is 0.326 e. The van der Waals surface area contributed by atoms with Gasteiger partial charge < -0.3 is 9.47 Å². The second-order valence-electron chi connectivity index (χ2n) is 7.09. The van der Waals surface area contributed by atoms with Gasteiger partial charge in [-0.05, 0) is 70.2 Å². The summed E-state index contributed by atoms with van der Waals surface area (Å²) in [5.74, 6) is -0.375. The van der Waals surface area contributed by atoms with Crippen LogP contribution in [0.4, 0.5) is 4.79 Å². The number of hydrogen-bond donors (Lipinski definition) is 0. The Morgan fingerprint density at radius 2 is 1.81 bits per heavy atom. The van der Waals surface area contributed by atoms with Crippen molar-refractivity contribution >= 4 is 35.0 Å². The topological polar surface area (TPSA) is 72.9 Å². The lowest BCUT2D eigenvalue weighted by Crippen LogP contribution is -2.37. The molecule has 140 valence electrons. The van der Waals surface area contributed by atoms with E-state index >= 15 is 0 Å². The number of thioether (sulfide) groups is 1. The first kappa shape index (κ1) is 20.0. The number of amides is 2. The molecule has 6 nitrogen and oxygen atoms in total. The van der Waals surface area contributed by atoms with Crippen LogP contribution in [0.3, 0.4) is 0 Å². The molecular formula is C19H23NO5S. The molecule has 1 heterocycles. The smallest absolute Gasteiger partial charge is 0.326 e. The minimum absolute atomic E-state index is 0.0743. The van der Waals surface area contributed by atoms with Crippen LogP contribution in [0.1, 0.15) is 40.2 Å². The lowest BCUT2D eigenvalue weighted by molar-refractivity contribution is -0.156. The molecule has 1 aliphatic heterocycles. The molecule has 0 spiro atoms. The highest BCUT2D eigenvalue weighted by Crippen LogP contribution is 2.32. The highest BCUT2D eigenvalue weighted by Gasteiger charge is 2.37. The fourth-order valence-electron chi connectivity index (χ4n) is 2.21. The lowest BCUT2D eigenvalue weighted by Gasteiger charge is -2.21. The summed E-state index contributed by atoms with van der Waals surface area (Å²) >= 11 is 0.811. The lowest BCUT2D eigenvalue weighted by atomic mass is 10.2. The van der Waals surface area contributed by atoms with Gasteiger partial charge in [-0.15, -0.1) is 0 Å². The third-order valence-corrected chi connectivity index (χ3v) is 4.04. The van der Waals surface area contributed by atoms with Gasteiger partial charge in [0.25, 0.3) is 11.1 Å². The normalized spacial score (nSPS) is 16.5. The molecule has 0 N–H and O–H groups in total. The van der Waals surface area contributed by atoms with Crippen LogP contribution in [-0.2, 0) is 14.3 Å². The molecule has 0 atom stereocenters. The Balaban J connectivity index is 2.07. The number of carbonyl (C=O) groups excluding carboxylic acids is 3. The Bertz CT molecular complexity index is 731. The summed E-state index contributed by atoms with van der Waals surface area (Å²) in [5.41, 5.74) is 0.0954. The Kier molecular flexibility index (Phi) is 6.13. The van der Waals surface area contributed by atoms with Crippen LogP contribution in [0.15, 0.2) is 29.2 Å². The van der Waals surface area contributed by atoms with E-state index in [-0.39, 0.29) is 17.6 Å². The maximum absolute atomic E-state index is 12.4. The summed E-state index contributed by atoms with van der Waals surface area (Å²) in [6, 6.07) is 7.21. The minimum Gasteiger partial charge on any atom is -0.491 e. The summed E-state index contributed by atoms with van der Waals surface area (Å²) in [7, 11) is 0. The average molecular weight is 377 g/mol. The number of carbonyl (C=O) groups is 3. The van der Waals surface area contributed by atoms with E-state index in [0.29, 0.717) is 0 Å². The van der Waals surface area contributed by atoms with Gasteiger partial charge in [0.15, 0.2) is 0 Å². The summed E-state index contributed by atoms with van der Waals surface area (Å²) < 4.78 is 10.7. The van der Waals surface area contributed by atoms with Gasteiger partial charge in [-0.3, -0.25) is 19.3 Å². The second kappa shape index (κ2) is 7.95. The van der Waals surface area contributed by atoms with Crippen LogP contribution in [0, 0.1) is 0 Å². The third kappa shape index (κ3) is 5.62. The van der Waals surface area contributed by atoms with Gasteiger partial charge in [-0.1, -0.05) is 12.1 Å². The minimum atomic E-state index is -0.672. The number of hydrogen-bond acceptors (Lipinski definition) is 6. The van der Waals surface area contributed by atoms with Crippen LogP contribution < -0.4 is 4.74 Å². The molecule has 1 aliphatic rings. The summed E-state index contributed by atoms with van der Waals surface area (Å²) in [6.07, 6.45) is 1.70. The zero-order valence-corrected chi connectivity index (χ0v) is 16.4. The number of esters is 1. The van der Waals surface area contributed by atoms with Crippen LogP contribution in [0.2, 0.25) is 0 Å². The van der Waals surface area contributed by atoms with Gasteiger partial charge in [0.2, 0.25) is 0 Å². The van der Waals surface area contributed by atoms with Crippen molar-refractivity contribution in [2.75, 3.05) is 6.54 Å². The van der Waals surface area contributed by atoms with Crippen molar-refractivity contribution in [1.29, 1.82) is 0 Å². The van der Waals surface area contributed by atoms with E-state index in [1.54, 1.807) is 51.1 Å². The van der Waals surface area contributed by atoms with Crippen LogP contribution in [0.25, 0.3) is 6.08 Å². The Hall–Kier alpha value is -2.28. The third-order valence-electron chi connectivity index (χ3n) is 3.13. The first-order chi connectivity index (χ1) is 12.0. The standard InChI is InChI=1S/C19H23NO5S/c1-12(2)24-14-8-6-13(7-9-14)10-15-17(22)20(18(23)26-15)11-16(21)25-19(3,4)5/h6-10,12H,11H2,1-5H3. The molecule has 0 saturated carbocycles. The molecule has 1 aromatic carbocycles. The number of benzene rings is 1. The predicted octanol–water partition coefficient (Wildman–Crippen LogP) is 3.85. The van der Waals surface area contributed by atoms with Gasteiger partial charge in [0.05, 0.1) is 11.0 Å². The predicted molar refractivity (Wildman–Crippen MR) is 101 cm³/mol. The molecular weight excluding hydrogens is 354 g/mol. The quantitative estimate of drug-likeness (QED) is 0.573. The molecule has 0 radical (unpaired) electrons. The van der Waals surface area contributed by atoms with Gasteiger partial charge in [0.1, 0.15) is 17.9 Å².